The maximum atomic E-state index is 9.58. The van der Waals surface area contributed by atoms with Crippen molar-refractivity contribution in [2.45, 2.75) is 57.2 Å². The zero-order chi connectivity index (χ0) is 9.68. The number of nitrogens with one attached hydrogen (secondary N) is 1. The van der Waals surface area contributed by atoms with E-state index in [4.69, 9.17) is 5.11 Å². The third-order valence-electron chi connectivity index (χ3n) is 2.90. The van der Waals surface area contributed by atoms with Crippen LogP contribution in [0.15, 0.2) is 0 Å². The first-order valence-corrected chi connectivity index (χ1v) is 5.33. The fraction of sp³-hybridized carbons (Fsp3) is 1.00. The van der Waals surface area contributed by atoms with Gasteiger partial charge in [0, 0.05) is 18.7 Å². The Labute approximate surface area is 80.2 Å². The smallest absolute Gasteiger partial charge is 0.0693 e. The average molecular weight is 187 g/mol. The van der Waals surface area contributed by atoms with Crippen LogP contribution >= 0.6 is 0 Å². The quantitative estimate of drug-likeness (QED) is 0.592. The van der Waals surface area contributed by atoms with Crippen molar-refractivity contribution in [3.05, 3.63) is 0 Å². The first-order valence-electron chi connectivity index (χ1n) is 5.33. The second-order valence-corrected chi connectivity index (χ2v) is 3.89. The first kappa shape index (κ1) is 11.0. The predicted octanol–water partition coefficient (Wildman–Crippen LogP) is 0.650. The van der Waals surface area contributed by atoms with Crippen LogP contribution < -0.4 is 5.32 Å². The van der Waals surface area contributed by atoms with Crippen LogP contribution in [0.2, 0.25) is 0 Å². The molecule has 1 aliphatic carbocycles. The molecule has 13 heavy (non-hydrogen) atoms. The van der Waals surface area contributed by atoms with Crippen molar-refractivity contribution in [2.24, 2.45) is 0 Å². The van der Waals surface area contributed by atoms with Crippen molar-refractivity contribution in [1.82, 2.24) is 5.32 Å². The summed E-state index contributed by atoms with van der Waals surface area (Å²) < 4.78 is 0. The van der Waals surface area contributed by atoms with Gasteiger partial charge in [0.15, 0.2) is 0 Å². The van der Waals surface area contributed by atoms with E-state index in [1.54, 1.807) is 0 Å². The van der Waals surface area contributed by atoms with Crippen molar-refractivity contribution >= 4 is 0 Å². The van der Waals surface area contributed by atoms with Gasteiger partial charge in [-0.2, -0.15) is 0 Å². The van der Waals surface area contributed by atoms with E-state index in [0.717, 1.165) is 32.1 Å². The van der Waals surface area contributed by atoms with Gasteiger partial charge in [-0.3, -0.25) is 0 Å². The molecule has 0 aromatic heterocycles. The SMILES string of the molecule is CCC(CCO)N[C@H]1CCC[C@@H]1O. The summed E-state index contributed by atoms with van der Waals surface area (Å²) in [6, 6.07) is 0.624. The van der Waals surface area contributed by atoms with Crippen LogP contribution in [-0.2, 0) is 0 Å². The summed E-state index contributed by atoms with van der Waals surface area (Å²) in [5.74, 6) is 0. The van der Waals surface area contributed by atoms with Crippen LogP contribution in [0.4, 0.5) is 0 Å². The van der Waals surface area contributed by atoms with Crippen molar-refractivity contribution < 1.29 is 10.2 Å². The highest BCUT2D eigenvalue weighted by molar-refractivity contribution is 4.85. The Hall–Kier alpha value is -0.120. The van der Waals surface area contributed by atoms with Gasteiger partial charge in [-0.05, 0) is 32.1 Å². The second-order valence-electron chi connectivity index (χ2n) is 3.89. The Balaban J connectivity index is 2.27. The van der Waals surface area contributed by atoms with Crippen LogP contribution in [0.25, 0.3) is 0 Å². The van der Waals surface area contributed by atoms with Crippen molar-refractivity contribution in [1.29, 1.82) is 0 Å². The van der Waals surface area contributed by atoms with Gasteiger partial charge in [0.05, 0.1) is 6.10 Å². The molecule has 1 aliphatic rings. The first-order chi connectivity index (χ1) is 6.27. The summed E-state index contributed by atoms with van der Waals surface area (Å²) in [7, 11) is 0. The van der Waals surface area contributed by atoms with E-state index in [1.807, 2.05) is 0 Å². The summed E-state index contributed by atoms with van der Waals surface area (Å²) in [5, 5.41) is 21.8. The Kier molecular flexibility index (Phi) is 4.70. The third-order valence-corrected chi connectivity index (χ3v) is 2.90. The van der Waals surface area contributed by atoms with Gasteiger partial charge in [0.2, 0.25) is 0 Å². The summed E-state index contributed by atoms with van der Waals surface area (Å²) in [6.07, 6.45) is 4.75. The Morgan fingerprint density at radius 3 is 2.69 bits per heavy atom. The Bertz CT molecular complexity index is 141. The minimum absolute atomic E-state index is 0.173. The molecule has 3 atom stereocenters. The molecule has 0 aromatic carbocycles. The number of aliphatic hydroxyl groups is 2. The lowest BCUT2D eigenvalue weighted by Crippen LogP contribution is -2.42. The van der Waals surface area contributed by atoms with Gasteiger partial charge in [0.1, 0.15) is 0 Å². The molecule has 0 saturated heterocycles. The van der Waals surface area contributed by atoms with Gasteiger partial charge in [-0.25, -0.2) is 0 Å². The number of rotatable bonds is 5. The predicted molar refractivity (Wildman–Crippen MR) is 52.6 cm³/mol. The normalized spacial score (nSPS) is 30.7. The summed E-state index contributed by atoms with van der Waals surface area (Å²) in [4.78, 5) is 0. The molecule has 0 spiro atoms. The molecular weight excluding hydrogens is 166 g/mol. The van der Waals surface area contributed by atoms with Crippen molar-refractivity contribution in [3.8, 4) is 0 Å². The zero-order valence-corrected chi connectivity index (χ0v) is 8.37. The average Bonchev–Trinajstić information content (AvgIpc) is 2.51. The number of hydrogen-bond donors (Lipinski definition) is 3. The van der Waals surface area contributed by atoms with E-state index in [-0.39, 0.29) is 18.8 Å². The summed E-state index contributed by atoms with van der Waals surface area (Å²) in [5.41, 5.74) is 0. The zero-order valence-electron chi connectivity index (χ0n) is 8.37. The van der Waals surface area contributed by atoms with E-state index < -0.39 is 0 Å². The lowest BCUT2D eigenvalue weighted by molar-refractivity contribution is 0.138. The van der Waals surface area contributed by atoms with E-state index >= 15 is 0 Å². The van der Waals surface area contributed by atoms with E-state index in [0.29, 0.717) is 6.04 Å². The third kappa shape index (κ3) is 3.25. The fourth-order valence-corrected chi connectivity index (χ4v) is 2.00. The minimum atomic E-state index is -0.173. The maximum Gasteiger partial charge on any atom is 0.0693 e. The highest BCUT2D eigenvalue weighted by Gasteiger charge is 2.26. The Morgan fingerprint density at radius 2 is 2.23 bits per heavy atom. The molecule has 3 nitrogen and oxygen atoms in total. The molecule has 0 heterocycles. The van der Waals surface area contributed by atoms with Gasteiger partial charge < -0.3 is 15.5 Å². The molecule has 1 fully saturated rings. The molecule has 0 aromatic rings. The summed E-state index contributed by atoms with van der Waals surface area (Å²) in [6.45, 7) is 2.34. The van der Waals surface area contributed by atoms with Crippen LogP contribution in [0.3, 0.4) is 0 Å². The molecule has 1 saturated carbocycles. The topological polar surface area (TPSA) is 52.5 Å². The minimum Gasteiger partial charge on any atom is -0.396 e. The van der Waals surface area contributed by atoms with Crippen LogP contribution in [0.1, 0.15) is 39.0 Å². The molecule has 1 unspecified atom stereocenters. The molecule has 0 bridgehead atoms. The van der Waals surface area contributed by atoms with E-state index in [1.165, 1.54) is 0 Å². The van der Waals surface area contributed by atoms with Gasteiger partial charge >= 0.3 is 0 Å². The molecule has 0 amide bonds. The van der Waals surface area contributed by atoms with Crippen LogP contribution in [0.5, 0.6) is 0 Å². The van der Waals surface area contributed by atoms with Crippen molar-refractivity contribution in [2.75, 3.05) is 6.61 Å². The Morgan fingerprint density at radius 1 is 1.46 bits per heavy atom. The lowest BCUT2D eigenvalue weighted by Gasteiger charge is -2.23. The molecule has 1 rings (SSSR count). The molecule has 78 valence electrons. The fourth-order valence-electron chi connectivity index (χ4n) is 2.00. The summed E-state index contributed by atoms with van der Waals surface area (Å²) >= 11 is 0. The highest BCUT2D eigenvalue weighted by atomic mass is 16.3. The largest absolute Gasteiger partial charge is 0.396 e. The molecule has 3 heteroatoms. The maximum absolute atomic E-state index is 9.58. The second kappa shape index (κ2) is 5.58. The van der Waals surface area contributed by atoms with Gasteiger partial charge in [-0.15, -0.1) is 0 Å². The van der Waals surface area contributed by atoms with E-state index in [9.17, 15) is 5.11 Å². The number of hydrogen-bond acceptors (Lipinski definition) is 3. The van der Waals surface area contributed by atoms with Gasteiger partial charge in [-0.1, -0.05) is 6.92 Å². The van der Waals surface area contributed by atoms with E-state index in [2.05, 4.69) is 12.2 Å². The monoisotopic (exact) mass is 187 g/mol. The highest BCUT2D eigenvalue weighted by Crippen LogP contribution is 2.19. The lowest BCUT2D eigenvalue weighted by atomic mass is 10.1. The number of aliphatic hydroxyl groups excluding tert-OH is 2. The van der Waals surface area contributed by atoms with Crippen LogP contribution in [0, 0.1) is 0 Å². The van der Waals surface area contributed by atoms with Crippen LogP contribution in [-0.4, -0.2) is 35.0 Å². The molecule has 0 radical (unpaired) electrons. The van der Waals surface area contributed by atoms with Crippen molar-refractivity contribution in [3.63, 3.8) is 0 Å². The molecule has 3 N–H and O–H groups in total. The van der Waals surface area contributed by atoms with Gasteiger partial charge in [0.25, 0.3) is 0 Å². The molecular formula is C10H21NO2. The molecule has 0 aliphatic heterocycles. The standard InChI is InChI=1S/C10H21NO2/c1-2-8(6-7-12)11-9-4-3-5-10(9)13/h8-13H,2-7H2,1H3/t8?,9-,10-/m0/s1.